The van der Waals surface area contributed by atoms with E-state index in [1.807, 2.05) is 251 Å². The Hall–Kier alpha value is -11.1. The normalized spacial score (nSPS) is 18.8. The Morgan fingerprint density at radius 3 is 1.07 bits per heavy atom. The first-order valence-corrected chi connectivity index (χ1v) is 51.7. The molecule has 4 amide bonds. The molecule has 11 atom stereocenters. The monoisotopic (exact) mass is 1980 g/mol. The molecule has 4 aliphatic rings. The number of aryl methyl sites for hydroxylation is 6. The van der Waals surface area contributed by atoms with Crippen molar-refractivity contribution in [1.29, 1.82) is 5.26 Å². The van der Waals surface area contributed by atoms with E-state index in [1.54, 1.807) is 39.7 Å². The van der Waals surface area contributed by atoms with Crippen molar-refractivity contribution in [3.05, 3.63) is 222 Å². The standard InChI is InChI=1S/C30H39N3O4S.C29H35N3O4S.C27H37ClN2O3.C26H33N3O4/c1-18-27(38-17-31-18)20-11-8-19(9-12-20)10-13-23(35)22-14-21(34)16-33(22)28(36)26(30(5,6)7)24-15-25(32-37-24)29(2,3)4;1-17(2)26(24-14-25(31-36-24)29(4,5)6)28(35)32-15-21(33)13-22(32)23(34)12-9-19-7-10-20(11-8-19)27-18(3)30-16-37-27;1-7-18-14-21(22(31)13-10-19-8-11-20(28)12-9-19)30(16-18)26(32)25(17(2)3)23-15-24(29-33-23)27(4,5)6;1-16(2)24(22-13-23(28-33-22)26(3,4)5)25(32)29-15-19(30)12-20(29)21(31)11-10-17-6-8-18(14-27)9-7-17/h8-9,11-12,15,17,21-22,26,34H,10,13-14,16H2,1-7H3;7-8,10-11,14,16-17,22,26H,9,12-13,15H2,1-6H3;8-9,11-12,15,17-18,21,25H,7,10,13-14,16H2,1-6H3;6-9,13,16,19-20,24,30H,10-12,15H2,1-5H3. The molecule has 0 bridgehead atoms. The van der Waals surface area contributed by atoms with Crippen LogP contribution in [0.3, 0.4) is 0 Å². The van der Waals surface area contributed by atoms with Crippen LogP contribution in [-0.4, -0.2) is 176 Å². The van der Waals surface area contributed by atoms with Crippen LogP contribution in [0.5, 0.6) is 0 Å². The third-order valence-corrected chi connectivity index (χ3v) is 29.4. The van der Waals surface area contributed by atoms with Crippen LogP contribution in [0.15, 0.2) is 150 Å². The Morgan fingerprint density at radius 2 is 0.752 bits per heavy atom. The van der Waals surface area contributed by atoms with Crippen LogP contribution in [0.4, 0.5) is 0 Å². The number of aromatic nitrogens is 6. The lowest BCUT2D eigenvalue weighted by Gasteiger charge is -2.33. The third-order valence-electron chi connectivity index (χ3n) is 27.1. The number of thiazole rings is 2. The Balaban J connectivity index is 0.000000180. The van der Waals surface area contributed by atoms with E-state index in [2.05, 4.69) is 76.5 Å². The molecule has 6 aromatic heterocycles. The van der Waals surface area contributed by atoms with Gasteiger partial charge in [-0.15, -0.1) is 22.7 Å². The minimum atomic E-state index is -0.731. The van der Waals surface area contributed by atoms with Crippen LogP contribution in [0, 0.1) is 54.3 Å². The van der Waals surface area contributed by atoms with Gasteiger partial charge in [-0.05, 0) is 133 Å². The van der Waals surface area contributed by atoms with E-state index in [4.69, 9.17) is 35.0 Å². The van der Waals surface area contributed by atoms with Gasteiger partial charge in [-0.25, -0.2) is 9.97 Å². The van der Waals surface area contributed by atoms with Crippen molar-refractivity contribution in [2.45, 2.75) is 331 Å². The van der Waals surface area contributed by atoms with Crippen molar-refractivity contribution in [2.75, 3.05) is 26.2 Å². The van der Waals surface area contributed by atoms with E-state index < -0.39 is 59.4 Å². The summed E-state index contributed by atoms with van der Waals surface area (Å²) in [6.45, 7) is 49.2. The fourth-order valence-electron chi connectivity index (χ4n) is 18.6. The minimum Gasteiger partial charge on any atom is -0.391 e. The summed E-state index contributed by atoms with van der Waals surface area (Å²) in [4.78, 5) is 138. The molecule has 4 aromatic carbocycles. The summed E-state index contributed by atoms with van der Waals surface area (Å²) >= 11 is 9.19. The molecule has 29 heteroatoms. The number of Topliss-reactive ketones (excluding diaryl/α,β-unsaturated/α-hetero) is 5. The van der Waals surface area contributed by atoms with Gasteiger partial charge in [-0.3, -0.25) is 43.2 Å². The Kier molecular flexibility index (Phi) is 36.7. The summed E-state index contributed by atoms with van der Waals surface area (Å²) < 4.78 is 22.5. The largest absolute Gasteiger partial charge is 0.391 e. The minimum absolute atomic E-state index is 0.0256. The van der Waals surface area contributed by atoms with Crippen LogP contribution in [-0.2, 0) is 90.5 Å². The molecule has 0 spiro atoms. The number of ketones is 5. The van der Waals surface area contributed by atoms with Crippen LogP contribution in [0.1, 0.15) is 319 Å². The van der Waals surface area contributed by atoms with Crippen molar-refractivity contribution in [2.24, 2.45) is 29.1 Å². The van der Waals surface area contributed by atoms with Gasteiger partial charge < -0.3 is 47.9 Å². The molecule has 756 valence electrons. The molecule has 11 unspecified atom stereocenters. The van der Waals surface area contributed by atoms with Crippen molar-refractivity contribution in [1.82, 2.24) is 50.2 Å². The predicted octanol–water partition coefficient (Wildman–Crippen LogP) is 21.2. The summed E-state index contributed by atoms with van der Waals surface area (Å²) in [5.74, 6) is -0.803. The summed E-state index contributed by atoms with van der Waals surface area (Å²) in [6, 6.07) is 38.2. The van der Waals surface area contributed by atoms with E-state index >= 15 is 0 Å². The van der Waals surface area contributed by atoms with Gasteiger partial charge in [0, 0.05) is 116 Å². The van der Waals surface area contributed by atoms with Crippen molar-refractivity contribution in [3.63, 3.8) is 0 Å². The molecule has 0 aliphatic carbocycles. The number of carbonyl (C=O) groups is 9. The number of rotatable bonds is 30. The molecule has 4 saturated heterocycles. The summed E-state index contributed by atoms with van der Waals surface area (Å²) in [6.07, 6.45) is 4.34. The average molecular weight is 1980 g/mol. The molecule has 14 rings (SSSR count). The SMILES string of the molecule is CC(C)C(C(=O)N1CC(O)CC1C(=O)CCc1ccc(C#N)cc1)c1cc(C(C)(C)C)no1.CCC1CC(C(=O)CCc2ccc(Cl)cc2)N(C(=O)C(c2cc(C(C)(C)C)no2)C(C)C)C1.Cc1ncsc1-c1ccc(CCC(=O)C2CC(=O)CN2C(=O)C(c2cc(C(C)(C)C)no2)C(C)C)cc1.Cc1ncsc1-c1ccc(CCC(=O)C2CC(O)CN2C(=O)C(c2cc(C(C)(C)C)no2)C(C)(C)C)cc1. The second-order valence-electron chi connectivity index (χ2n) is 44.7. The third kappa shape index (κ3) is 28.3. The zero-order valence-corrected chi connectivity index (χ0v) is 89.0. The number of halogens is 1. The second-order valence-corrected chi connectivity index (χ2v) is 46.8. The predicted molar refractivity (Wildman–Crippen MR) is 548 cm³/mol. The lowest BCUT2D eigenvalue weighted by atomic mass is 9.77. The highest BCUT2D eigenvalue weighted by Crippen LogP contribution is 2.44. The van der Waals surface area contributed by atoms with Crippen LogP contribution in [0.25, 0.3) is 20.9 Å². The number of carbonyl (C=O) groups excluding carboxylic acids is 9. The number of hydrogen-bond donors (Lipinski definition) is 2. The van der Waals surface area contributed by atoms with Crippen LogP contribution >= 0.6 is 34.3 Å². The number of nitriles is 1. The quantitative estimate of drug-likeness (QED) is 0.0422. The fraction of sp³-hybridized carbons (Fsp3) is 0.536. The number of amides is 4. The highest BCUT2D eigenvalue weighted by atomic mass is 35.5. The maximum absolute atomic E-state index is 13.9. The highest BCUT2D eigenvalue weighted by Gasteiger charge is 2.50. The summed E-state index contributed by atoms with van der Waals surface area (Å²) in [7, 11) is 0. The first-order valence-electron chi connectivity index (χ1n) is 49.5. The molecule has 4 aliphatic heterocycles. The molecular formula is C112H144ClN11O15S2. The van der Waals surface area contributed by atoms with Gasteiger partial charge in [0.1, 0.15) is 46.7 Å². The zero-order valence-electron chi connectivity index (χ0n) is 86.6. The van der Waals surface area contributed by atoms with E-state index in [0.717, 1.165) is 90.1 Å². The van der Waals surface area contributed by atoms with Gasteiger partial charge in [-0.1, -0.05) is 264 Å². The Labute approximate surface area is 844 Å². The second kappa shape index (κ2) is 47.0. The van der Waals surface area contributed by atoms with Gasteiger partial charge in [0.2, 0.25) is 23.6 Å². The van der Waals surface area contributed by atoms with Crippen LogP contribution in [0.2, 0.25) is 5.02 Å². The van der Waals surface area contributed by atoms with E-state index in [9.17, 15) is 53.4 Å². The molecule has 0 saturated carbocycles. The number of aliphatic hydroxyl groups is 2. The first kappa shape index (κ1) is 110. The van der Waals surface area contributed by atoms with Crippen molar-refractivity contribution >= 4 is 86.8 Å². The molecule has 4 fully saturated rings. The van der Waals surface area contributed by atoms with Crippen molar-refractivity contribution < 1.29 is 71.5 Å². The average Bonchev–Trinajstić information content (AvgIpc) is 1.69. The molecule has 0 radical (unpaired) electrons. The summed E-state index contributed by atoms with van der Waals surface area (Å²) in [5.41, 5.74) is 14.5. The lowest BCUT2D eigenvalue weighted by molar-refractivity contribution is -0.141. The molecule has 141 heavy (non-hydrogen) atoms. The number of β-amino-alcohol motifs (C(OH)–C–C–N with tert-alkyl or cyclic N) is 2. The van der Waals surface area contributed by atoms with Crippen LogP contribution < -0.4 is 0 Å². The Bertz CT molecular complexity index is 6000. The molecule has 10 aromatic rings. The number of benzene rings is 4. The molecule has 2 N–H and O–H groups in total. The number of hydrogen-bond acceptors (Lipinski definition) is 24. The number of aliphatic hydroxyl groups excluding tert-OH is 2. The topological polar surface area (TPSA) is 361 Å². The van der Waals surface area contributed by atoms with Crippen molar-refractivity contribution in [3.8, 4) is 27.0 Å². The number of nitrogens with zero attached hydrogens (tertiary/aromatic N) is 11. The lowest BCUT2D eigenvalue weighted by Crippen LogP contribution is -2.45. The number of likely N-dealkylation sites (tertiary alicyclic amines) is 4. The van der Waals surface area contributed by atoms with E-state index in [0.29, 0.717) is 84.6 Å². The molecule has 10 heterocycles. The zero-order chi connectivity index (χ0) is 103. The van der Waals surface area contributed by atoms with E-state index in [-0.39, 0.29) is 150 Å². The van der Waals surface area contributed by atoms with Gasteiger partial charge in [-0.2, -0.15) is 5.26 Å². The smallest absolute Gasteiger partial charge is 0.234 e. The van der Waals surface area contributed by atoms with Gasteiger partial charge in [0.05, 0.1) is 109 Å². The fourth-order valence-corrected chi connectivity index (χ4v) is 20.4. The molecular weight excluding hydrogens is 1840 g/mol. The van der Waals surface area contributed by atoms with Gasteiger partial charge >= 0.3 is 0 Å². The Morgan fingerprint density at radius 1 is 0.440 bits per heavy atom. The first-order chi connectivity index (χ1) is 66.2. The van der Waals surface area contributed by atoms with Gasteiger partial charge in [0.25, 0.3) is 0 Å². The maximum atomic E-state index is 13.9. The summed E-state index contributed by atoms with van der Waals surface area (Å²) in [5, 5.41) is 47.2. The highest BCUT2D eigenvalue weighted by molar-refractivity contribution is 7.13. The van der Waals surface area contributed by atoms with Gasteiger partial charge in [0.15, 0.2) is 28.9 Å². The van der Waals surface area contributed by atoms with E-state index in [1.165, 1.54) is 9.80 Å². The molecule has 26 nitrogen and oxygen atoms in total. The maximum Gasteiger partial charge on any atom is 0.234 e.